The van der Waals surface area contributed by atoms with E-state index in [1.807, 2.05) is 6.92 Å². The predicted octanol–water partition coefficient (Wildman–Crippen LogP) is 3.72. The van der Waals surface area contributed by atoms with E-state index in [9.17, 15) is 9.59 Å². The van der Waals surface area contributed by atoms with Crippen LogP contribution >= 0.6 is 23.2 Å². The van der Waals surface area contributed by atoms with E-state index >= 15 is 0 Å². The molecular formula is C14H18Cl2N2O2. The van der Waals surface area contributed by atoms with E-state index in [2.05, 4.69) is 10.6 Å². The Bertz CT molecular complexity index is 492. The number of imide groups is 1. The summed E-state index contributed by atoms with van der Waals surface area (Å²) in [6.45, 7) is 2.04. The minimum atomic E-state index is -0.517. The number of hydrogen-bond donors (Lipinski definition) is 2. The van der Waals surface area contributed by atoms with Gasteiger partial charge in [0.15, 0.2) is 0 Å². The van der Waals surface area contributed by atoms with Crippen LogP contribution in [0.3, 0.4) is 0 Å². The van der Waals surface area contributed by atoms with Gasteiger partial charge in [0, 0.05) is 7.05 Å². The van der Waals surface area contributed by atoms with Crippen molar-refractivity contribution in [2.75, 3.05) is 7.05 Å². The largest absolute Gasteiger partial charge is 0.341 e. The monoisotopic (exact) mass is 316 g/mol. The molecule has 0 aliphatic rings. The van der Waals surface area contributed by atoms with E-state index in [1.165, 1.54) is 7.05 Å². The maximum absolute atomic E-state index is 12.2. The lowest BCUT2D eigenvalue weighted by Gasteiger charge is -2.17. The zero-order chi connectivity index (χ0) is 15.1. The summed E-state index contributed by atoms with van der Waals surface area (Å²) in [4.78, 5) is 23.4. The summed E-state index contributed by atoms with van der Waals surface area (Å²) in [7, 11) is 1.46. The second kappa shape index (κ2) is 8.12. The van der Waals surface area contributed by atoms with E-state index in [0.717, 1.165) is 18.4 Å². The van der Waals surface area contributed by atoms with Crippen molar-refractivity contribution in [2.24, 2.45) is 0 Å². The highest BCUT2D eigenvalue weighted by Crippen LogP contribution is 2.29. The minimum absolute atomic E-state index is 0.337. The van der Waals surface area contributed by atoms with Crippen molar-refractivity contribution in [1.82, 2.24) is 10.6 Å². The Morgan fingerprint density at radius 1 is 1.25 bits per heavy atom. The van der Waals surface area contributed by atoms with Crippen LogP contribution in [0.25, 0.3) is 0 Å². The third kappa shape index (κ3) is 4.69. The van der Waals surface area contributed by atoms with Gasteiger partial charge in [0.25, 0.3) is 0 Å². The van der Waals surface area contributed by atoms with Crippen molar-refractivity contribution >= 4 is 35.1 Å². The van der Waals surface area contributed by atoms with Gasteiger partial charge in [-0.25, -0.2) is 4.79 Å². The first-order valence-electron chi connectivity index (χ1n) is 6.47. The number of benzene rings is 1. The highest BCUT2D eigenvalue weighted by atomic mass is 35.5. The zero-order valence-corrected chi connectivity index (χ0v) is 13.0. The summed E-state index contributed by atoms with van der Waals surface area (Å²) in [5.74, 6) is -0.752. The molecule has 0 spiro atoms. The Balaban J connectivity index is 2.95. The summed E-state index contributed by atoms with van der Waals surface area (Å²) in [6, 6.07) is 4.58. The molecule has 0 bridgehead atoms. The van der Waals surface area contributed by atoms with E-state index in [1.54, 1.807) is 18.2 Å². The van der Waals surface area contributed by atoms with Crippen molar-refractivity contribution in [3.63, 3.8) is 0 Å². The number of hydrogen-bond acceptors (Lipinski definition) is 2. The van der Waals surface area contributed by atoms with Gasteiger partial charge >= 0.3 is 6.03 Å². The molecule has 0 aliphatic heterocycles. The Labute approximate surface area is 128 Å². The molecule has 0 fully saturated rings. The van der Waals surface area contributed by atoms with E-state index < -0.39 is 11.9 Å². The van der Waals surface area contributed by atoms with Crippen LogP contribution in [0.15, 0.2) is 18.2 Å². The molecule has 1 unspecified atom stereocenters. The fourth-order valence-electron chi connectivity index (χ4n) is 1.85. The highest BCUT2D eigenvalue weighted by Gasteiger charge is 2.22. The maximum atomic E-state index is 12.2. The zero-order valence-electron chi connectivity index (χ0n) is 11.5. The molecule has 1 aromatic rings. The summed E-state index contributed by atoms with van der Waals surface area (Å²) in [6.07, 6.45) is 2.49. The number of amides is 3. The molecule has 20 heavy (non-hydrogen) atoms. The molecule has 1 atom stereocenters. The van der Waals surface area contributed by atoms with Crippen molar-refractivity contribution in [3.8, 4) is 0 Å². The lowest BCUT2D eigenvalue weighted by molar-refractivity contribution is -0.121. The molecule has 0 saturated heterocycles. The molecule has 6 heteroatoms. The van der Waals surface area contributed by atoms with Crippen LogP contribution in [0.5, 0.6) is 0 Å². The number of urea groups is 1. The quantitative estimate of drug-likeness (QED) is 0.869. The summed E-state index contributed by atoms with van der Waals surface area (Å²) >= 11 is 11.9. The van der Waals surface area contributed by atoms with E-state index in [-0.39, 0.29) is 5.91 Å². The molecule has 0 aromatic heterocycles. The van der Waals surface area contributed by atoms with Crippen LogP contribution < -0.4 is 10.6 Å². The van der Waals surface area contributed by atoms with E-state index in [0.29, 0.717) is 16.5 Å². The fourth-order valence-corrected chi connectivity index (χ4v) is 2.15. The van der Waals surface area contributed by atoms with Crippen LogP contribution in [-0.4, -0.2) is 19.0 Å². The number of nitrogens with one attached hydrogen (secondary N) is 2. The Hall–Kier alpha value is -1.26. The third-order valence-corrected chi connectivity index (χ3v) is 3.71. The molecule has 110 valence electrons. The first-order chi connectivity index (χ1) is 9.49. The van der Waals surface area contributed by atoms with Gasteiger partial charge in [0.05, 0.1) is 16.0 Å². The standard InChI is InChI=1S/C14H18Cl2N2O2/c1-3-4-5-10(13(19)18-14(20)17-2)9-6-7-11(15)12(16)8-9/h6-8,10H,3-5H2,1-2H3,(H2,17,18,19,20). The third-order valence-electron chi connectivity index (χ3n) is 2.97. The van der Waals surface area contributed by atoms with Crippen molar-refractivity contribution in [2.45, 2.75) is 32.1 Å². The average molecular weight is 317 g/mol. The molecule has 0 radical (unpaired) electrons. The molecule has 2 N–H and O–H groups in total. The number of rotatable bonds is 5. The molecular weight excluding hydrogens is 299 g/mol. The van der Waals surface area contributed by atoms with Gasteiger partial charge in [-0.15, -0.1) is 0 Å². The van der Waals surface area contributed by atoms with Crippen molar-refractivity contribution in [1.29, 1.82) is 0 Å². The SMILES string of the molecule is CCCCC(C(=O)NC(=O)NC)c1ccc(Cl)c(Cl)c1. The van der Waals surface area contributed by atoms with Crippen LogP contribution in [0.4, 0.5) is 4.79 Å². The van der Waals surface area contributed by atoms with Crippen LogP contribution in [0.1, 0.15) is 37.7 Å². The molecule has 1 aromatic carbocycles. The Kier molecular flexibility index (Phi) is 6.82. The molecule has 3 amide bonds. The summed E-state index contributed by atoms with van der Waals surface area (Å²) < 4.78 is 0. The molecule has 4 nitrogen and oxygen atoms in total. The van der Waals surface area contributed by atoms with Gasteiger partial charge < -0.3 is 5.32 Å². The van der Waals surface area contributed by atoms with Crippen molar-refractivity contribution < 1.29 is 9.59 Å². The normalized spacial score (nSPS) is 11.8. The smallest absolute Gasteiger partial charge is 0.321 e. The molecule has 0 heterocycles. The van der Waals surface area contributed by atoms with Gasteiger partial charge in [-0.1, -0.05) is 49.0 Å². The van der Waals surface area contributed by atoms with Crippen molar-refractivity contribution in [3.05, 3.63) is 33.8 Å². The number of unbranched alkanes of at least 4 members (excludes halogenated alkanes) is 1. The van der Waals surface area contributed by atoms with Gasteiger partial charge in [-0.05, 0) is 24.1 Å². The first kappa shape index (κ1) is 16.8. The maximum Gasteiger partial charge on any atom is 0.321 e. The van der Waals surface area contributed by atoms with Gasteiger partial charge in [0.2, 0.25) is 5.91 Å². The lowest BCUT2D eigenvalue weighted by Crippen LogP contribution is -2.40. The topological polar surface area (TPSA) is 58.2 Å². The first-order valence-corrected chi connectivity index (χ1v) is 7.22. The van der Waals surface area contributed by atoms with Gasteiger partial charge in [-0.2, -0.15) is 0 Å². The number of halogens is 2. The second-order valence-electron chi connectivity index (χ2n) is 4.44. The number of carbonyl (C=O) groups is 2. The Morgan fingerprint density at radius 3 is 2.50 bits per heavy atom. The van der Waals surface area contributed by atoms with E-state index in [4.69, 9.17) is 23.2 Å². The fraction of sp³-hybridized carbons (Fsp3) is 0.429. The van der Waals surface area contributed by atoms with Crippen LogP contribution in [0, 0.1) is 0 Å². The van der Waals surface area contributed by atoms with Gasteiger partial charge in [0.1, 0.15) is 0 Å². The highest BCUT2D eigenvalue weighted by molar-refractivity contribution is 6.42. The predicted molar refractivity (Wildman–Crippen MR) is 81.3 cm³/mol. The van der Waals surface area contributed by atoms with Crippen LogP contribution in [-0.2, 0) is 4.79 Å². The van der Waals surface area contributed by atoms with Gasteiger partial charge in [-0.3, -0.25) is 10.1 Å². The lowest BCUT2D eigenvalue weighted by atomic mass is 9.93. The number of carbonyl (C=O) groups excluding carboxylic acids is 2. The molecule has 1 rings (SSSR count). The van der Waals surface area contributed by atoms with Crippen LogP contribution in [0.2, 0.25) is 10.0 Å². The summed E-state index contributed by atoms with van der Waals surface area (Å²) in [5, 5.41) is 5.51. The molecule has 0 saturated carbocycles. The Morgan fingerprint density at radius 2 is 1.95 bits per heavy atom. The molecule has 0 aliphatic carbocycles. The summed E-state index contributed by atoms with van der Waals surface area (Å²) in [5.41, 5.74) is 0.759. The second-order valence-corrected chi connectivity index (χ2v) is 5.25. The minimum Gasteiger partial charge on any atom is -0.341 e. The average Bonchev–Trinajstić information content (AvgIpc) is 2.42.